The number of piperazine rings is 1. The molecule has 3 rings (SSSR count). The molecule has 3 N–H and O–H groups in total. The maximum Gasteiger partial charge on any atom is 0.137 e. The van der Waals surface area contributed by atoms with E-state index in [1.807, 2.05) is 18.2 Å². The maximum absolute atomic E-state index is 10.3. The average molecular weight is 441 g/mol. The highest BCUT2D eigenvalue weighted by molar-refractivity contribution is 5.45. The quantitative estimate of drug-likeness (QED) is 0.358. The van der Waals surface area contributed by atoms with Gasteiger partial charge in [-0.1, -0.05) is 48.5 Å². The van der Waals surface area contributed by atoms with E-state index in [2.05, 4.69) is 44.2 Å². The van der Waals surface area contributed by atoms with E-state index >= 15 is 0 Å². The summed E-state index contributed by atoms with van der Waals surface area (Å²) in [5.74, 6) is 0. The van der Waals surface area contributed by atoms with Crippen LogP contribution in [0, 0.1) is 13.8 Å². The summed E-state index contributed by atoms with van der Waals surface area (Å²) in [7, 11) is 0. The average Bonchev–Trinajstić information content (AvgIpc) is 2.67. The summed E-state index contributed by atoms with van der Waals surface area (Å²) < 4.78 is 5.69. The molecule has 1 aliphatic heterocycles. The summed E-state index contributed by atoms with van der Waals surface area (Å²) in [6.07, 6.45) is 0.524. The lowest BCUT2D eigenvalue weighted by atomic mass is 10.1. The molecule has 1 heterocycles. The molecule has 4 nitrogen and oxygen atoms in total. The van der Waals surface area contributed by atoms with E-state index in [1.54, 1.807) is 4.90 Å². The Kier molecular flexibility index (Phi) is 11.8. The number of rotatable bonds is 8. The van der Waals surface area contributed by atoms with Gasteiger partial charge in [-0.3, -0.25) is 4.90 Å². The lowest BCUT2D eigenvalue weighted by Gasteiger charge is -2.31. The number of hydrogen-bond acceptors (Lipinski definition) is 2. The third-order valence-electron chi connectivity index (χ3n) is 5.61. The van der Waals surface area contributed by atoms with Crippen molar-refractivity contribution in [2.75, 3.05) is 45.9 Å². The van der Waals surface area contributed by atoms with Crippen LogP contribution in [0.5, 0.6) is 0 Å². The van der Waals surface area contributed by atoms with Gasteiger partial charge in [-0.15, -0.1) is 0 Å². The molecular formula is C23H34Cl2N2O2. The number of benzene rings is 2. The normalized spacial score (nSPS) is 19.7. The molecule has 1 fully saturated rings. The molecule has 0 radical (unpaired) electrons. The van der Waals surface area contributed by atoms with Gasteiger partial charge in [0.1, 0.15) is 44.5 Å². The van der Waals surface area contributed by atoms with Crippen LogP contribution in [0.3, 0.4) is 0 Å². The number of ether oxygens (including phenoxy) is 1. The van der Waals surface area contributed by atoms with Crippen molar-refractivity contribution >= 4 is 5.69 Å². The second-order valence-electron chi connectivity index (χ2n) is 7.79. The Hall–Kier alpha value is -1.14. The fourth-order valence-electron chi connectivity index (χ4n) is 4.18. The second kappa shape index (κ2) is 13.2. The van der Waals surface area contributed by atoms with Gasteiger partial charge in [-0.05, 0) is 25.8 Å². The second-order valence-corrected chi connectivity index (χ2v) is 7.79. The van der Waals surface area contributed by atoms with Crippen LogP contribution in [0.25, 0.3) is 0 Å². The topological polar surface area (TPSA) is 38.3 Å². The van der Waals surface area contributed by atoms with Crippen LogP contribution in [0.1, 0.15) is 16.7 Å². The molecule has 162 valence electrons. The molecule has 29 heavy (non-hydrogen) atoms. The van der Waals surface area contributed by atoms with E-state index in [1.165, 1.54) is 27.3 Å². The van der Waals surface area contributed by atoms with Gasteiger partial charge in [0.15, 0.2) is 0 Å². The number of quaternary nitrogens is 2. The van der Waals surface area contributed by atoms with Crippen LogP contribution in [-0.4, -0.2) is 57.1 Å². The number of nitrogens with one attached hydrogen (secondary N) is 2. The Morgan fingerprint density at radius 3 is 2.14 bits per heavy atom. The SMILES string of the molecule is Cc1cccc(C)c1[NH+]1CC[NH+](CC(O)COCCc2ccccc2)CC1.[Cl-].[Cl-]. The van der Waals surface area contributed by atoms with Crippen LogP contribution >= 0.6 is 0 Å². The summed E-state index contributed by atoms with van der Waals surface area (Å²) >= 11 is 0. The number of halogens is 2. The maximum atomic E-state index is 10.3. The molecule has 0 spiro atoms. The van der Waals surface area contributed by atoms with Gasteiger partial charge in [0.05, 0.1) is 13.2 Å². The molecule has 0 bridgehead atoms. The highest BCUT2D eigenvalue weighted by Crippen LogP contribution is 2.14. The van der Waals surface area contributed by atoms with Crippen LogP contribution in [0.4, 0.5) is 5.69 Å². The van der Waals surface area contributed by atoms with E-state index in [9.17, 15) is 5.11 Å². The third kappa shape index (κ3) is 7.89. The number of hydrogen-bond donors (Lipinski definition) is 3. The van der Waals surface area contributed by atoms with Crippen molar-refractivity contribution in [2.24, 2.45) is 0 Å². The standard InChI is InChI=1S/C23H32N2O2.2ClH/c1-19-7-6-8-20(2)23(19)25-14-12-24(13-15-25)17-22(26)18-27-16-11-21-9-4-3-5-10-21;;/h3-10,22,26H,11-18H2,1-2H3;2*1H. The number of aliphatic hydroxyl groups is 1. The number of para-hydroxylation sites is 1. The third-order valence-corrected chi connectivity index (χ3v) is 5.61. The first-order valence-electron chi connectivity index (χ1n) is 10.2. The fraction of sp³-hybridized carbons (Fsp3) is 0.478. The predicted molar refractivity (Wildman–Crippen MR) is 109 cm³/mol. The Morgan fingerprint density at radius 2 is 1.52 bits per heavy atom. The number of aryl methyl sites for hydroxylation is 2. The van der Waals surface area contributed by atoms with Crippen molar-refractivity contribution in [3.63, 3.8) is 0 Å². The molecule has 1 unspecified atom stereocenters. The smallest absolute Gasteiger partial charge is 0.137 e. The molecule has 0 amide bonds. The largest absolute Gasteiger partial charge is 1.00 e. The molecule has 0 saturated carbocycles. The van der Waals surface area contributed by atoms with E-state index in [0.717, 1.165) is 39.1 Å². The Bertz CT molecular complexity index is 687. The van der Waals surface area contributed by atoms with Gasteiger partial charge in [0.25, 0.3) is 0 Å². The van der Waals surface area contributed by atoms with Crippen molar-refractivity contribution < 1.29 is 44.5 Å². The Balaban J connectivity index is 0.00000210. The van der Waals surface area contributed by atoms with E-state index in [4.69, 9.17) is 4.74 Å². The van der Waals surface area contributed by atoms with Gasteiger partial charge < -0.3 is 39.6 Å². The zero-order valence-electron chi connectivity index (χ0n) is 17.5. The minimum absolute atomic E-state index is 0. The van der Waals surface area contributed by atoms with Crippen LogP contribution in [0.2, 0.25) is 0 Å². The summed E-state index contributed by atoms with van der Waals surface area (Å²) in [4.78, 5) is 3.08. The van der Waals surface area contributed by atoms with Crippen molar-refractivity contribution in [2.45, 2.75) is 26.4 Å². The zero-order valence-corrected chi connectivity index (χ0v) is 19.0. The minimum Gasteiger partial charge on any atom is -1.00 e. The first-order chi connectivity index (χ1) is 13.1. The van der Waals surface area contributed by atoms with Crippen molar-refractivity contribution in [3.05, 3.63) is 65.2 Å². The lowest BCUT2D eigenvalue weighted by Crippen LogP contribution is -3.26. The minimum atomic E-state index is -0.377. The van der Waals surface area contributed by atoms with Gasteiger partial charge in [-0.2, -0.15) is 0 Å². The summed E-state index contributed by atoms with van der Waals surface area (Å²) in [5.41, 5.74) is 5.53. The molecule has 6 heteroatoms. The van der Waals surface area contributed by atoms with Gasteiger partial charge in [0.2, 0.25) is 0 Å². The summed E-state index contributed by atoms with van der Waals surface area (Å²) in [6, 6.07) is 16.9. The van der Waals surface area contributed by atoms with Gasteiger partial charge >= 0.3 is 0 Å². The highest BCUT2D eigenvalue weighted by Gasteiger charge is 2.27. The molecule has 1 aliphatic rings. The molecule has 1 saturated heterocycles. The molecule has 0 aromatic heterocycles. The van der Waals surface area contributed by atoms with Crippen LogP contribution in [-0.2, 0) is 11.2 Å². The molecule has 0 aliphatic carbocycles. The molecule has 2 aromatic rings. The van der Waals surface area contributed by atoms with Crippen LogP contribution in [0.15, 0.2) is 48.5 Å². The monoisotopic (exact) mass is 440 g/mol. The zero-order chi connectivity index (χ0) is 19.1. The molecule has 2 aromatic carbocycles. The van der Waals surface area contributed by atoms with E-state index in [0.29, 0.717) is 13.2 Å². The van der Waals surface area contributed by atoms with Gasteiger partial charge in [0, 0.05) is 11.1 Å². The predicted octanol–water partition coefficient (Wildman–Crippen LogP) is -5.65. The van der Waals surface area contributed by atoms with Crippen LogP contribution < -0.4 is 34.6 Å². The Morgan fingerprint density at radius 1 is 0.897 bits per heavy atom. The first-order valence-corrected chi connectivity index (χ1v) is 10.2. The summed E-state index contributed by atoms with van der Waals surface area (Å²) in [6.45, 7) is 10.8. The van der Waals surface area contributed by atoms with Crippen molar-refractivity contribution in [1.29, 1.82) is 0 Å². The Labute approximate surface area is 187 Å². The lowest BCUT2D eigenvalue weighted by molar-refractivity contribution is -0.988. The highest BCUT2D eigenvalue weighted by atomic mass is 35.5. The summed E-state index contributed by atoms with van der Waals surface area (Å²) in [5, 5.41) is 10.3. The van der Waals surface area contributed by atoms with Crippen molar-refractivity contribution in [3.8, 4) is 0 Å². The van der Waals surface area contributed by atoms with Gasteiger partial charge in [-0.25, -0.2) is 0 Å². The first kappa shape index (κ1) is 25.9. The number of aliphatic hydroxyl groups excluding tert-OH is 1. The van der Waals surface area contributed by atoms with E-state index in [-0.39, 0.29) is 30.9 Å². The van der Waals surface area contributed by atoms with Crippen molar-refractivity contribution in [1.82, 2.24) is 0 Å². The fourth-order valence-corrected chi connectivity index (χ4v) is 4.18. The molecular weight excluding hydrogens is 407 g/mol. The molecule has 1 atom stereocenters. The van der Waals surface area contributed by atoms with E-state index < -0.39 is 0 Å².